The van der Waals surface area contributed by atoms with E-state index in [1.807, 2.05) is 61.5 Å². The fourth-order valence-corrected chi connectivity index (χ4v) is 3.58. The number of aromatic nitrogens is 4. The molecule has 10 nitrogen and oxygen atoms in total. The molecule has 2 heterocycles. The molecule has 0 saturated heterocycles. The Morgan fingerprint density at radius 1 is 1.09 bits per heavy atom. The monoisotopic (exact) mass is 462 g/mol. The SMILES string of the molecule is Cc1ccccc1OC[C@@H](O)Cn1c(N/N=C\c2ccccc2)nc2c1c(=O)n(C)c(=O)n2C. The maximum atomic E-state index is 12.9. The molecule has 0 unspecified atom stereocenters. The lowest BCUT2D eigenvalue weighted by Gasteiger charge is -2.16. The van der Waals surface area contributed by atoms with Crippen molar-refractivity contribution < 1.29 is 9.84 Å². The van der Waals surface area contributed by atoms with Gasteiger partial charge in [0, 0.05) is 14.1 Å². The Morgan fingerprint density at radius 3 is 2.53 bits per heavy atom. The van der Waals surface area contributed by atoms with Crippen LogP contribution in [0.4, 0.5) is 5.95 Å². The molecule has 0 fully saturated rings. The van der Waals surface area contributed by atoms with Crippen LogP contribution in [0, 0.1) is 6.92 Å². The van der Waals surface area contributed by atoms with Gasteiger partial charge >= 0.3 is 5.69 Å². The number of hydrogen-bond acceptors (Lipinski definition) is 7. The van der Waals surface area contributed by atoms with Gasteiger partial charge in [0.1, 0.15) is 18.5 Å². The molecule has 2 N–H and O–H groups in total. The quantitative estimate of drug-likeness (QED) is 0.304. The Kier molecular flexibility index (Phi) is 6.60. The van der Waals surface area contributed by atoms with E-state index in [0.29, 0.717) is 5.75 Å². The number of fused-ring (bicyclic) bond motifs is 1. The zero-order valence-corrected chi connectivity index (χ0v) is 19.2. The summed E-state index contributed by atoms with van der Waals surface area (Å²) in [7, 11) is 2.94. The molecule has 0 amide bonds. The zero-order valence-electron chi connectivity index (χ0n) is 19.2. The van der Waals surface area contributed by atoms with Crippen LogP contribution >= 0.6 is 0 Å². The summed E-state index contributed by atoms with van der Waals surface area (Å²) >= 11 is 0. The molecule has 0 bridgehead atoms. The molecule has 0 radical (unpaired) electrons. The first-order chi connectivity index (χ1) is 16.4. The second kappa shape index (κ2) is 9.75. The Labute approximate surface area is 195 Å². The number of ether oxygens (including phenoxy) is 1. The van der Waals surface area contributed by atoms with E-state index in [0.717, 1.165) is 15.7 Å². The van der Waals surface area contributed by atoms with E-state index in [1.54, 1.807) is 6.21 Å². The molecule has 1 atom stereocenters. The Morgan fingerprint density at radius 2 is 1.79 bits per heavy atom. The number of para-hydroxylation sites is 1. The van der Waals surface area contributed by atoms with Gasteiger partial charge in [-0.15, -0.1) is 0 Å². The maximum absolute atomic E-state index is 12.9. The van der Waals surface area contributed by atoms with Gasteiger partial charge in [-0.2, -0.15) is 10.1 Å². The van der Waals surface area contributed by atoms with Crippen LogP contribution in [-0.4, -0.2) is 42.7 Å². The van der Waals surface area contributed by atoms with Gasteiger partial charge in [-0.1, -0.05) is 48.5 Å². The largest absolute Gasteiger partial charge is 0.491 e. The molecular formula is C24H26N6O4. The molecule has 0 aliphatic heterocycles. The number of aryl methyl sites for hydroxylation is 2. The molecule has 34 heavy (non-hydrogen) atoms. The van der Waals surface area contributed by atoms with Gasteiger partial charge in [0.05, 0.1) is 12.8 Å². The number of benzene rings is 2. The average Bonchev–Trinajstić information content (AvgIpc) is 3.19. The first-order valence-electron chi connectivity index (χ1n) is 10.7. The van der Waals surface area contributed by atoms with Crippen LogP contribution in [0.5, 0.6) is 5.75 Å². The highest BCUT2D eigenvalue weighted by molar-refractivity contribution is 5.80. The van der Waals surface area contributed by atoms with Gasteiger partial charge < -0.3 is 14.4 Å². The van der Waals surface area contributed by atoms with Crippen LogP contribution in [0.3, 0.4) is 0 Å². The molecular weight excluding hydrogens is 436 g/mol. The smallest absolute Gasteiger partial charge is 0.332 e. The highest BCUT2D eigenvalue weighted by atomic mass is 16.5. The Balaban J connectivity index is 1.67. The molecule has 0 aliphatic rings. The number of hydrogen-bond donors (Lipinski definition) is 2. The summed E-state index contributed by atoms with van der Waals surface area (Å²) in [6, 6.07) is 17.0. The fourth-order valence-electron chi connectivity index (χ4n) is 3.58. The van der Waals surface area contributed by atoms with E-state index >= 15 is 0 Å². The predicted molar refractivity (Wildman–Crippen MR) is 131 cm³/mol. The number of imidazole rings is 1. The van der Waals surface area contributed by atoms with E-state index in [9.17, 15) is 14.7 Å². The fraction of sp³-hybridized carbons (Fsp3) is 0.250. The summed E-state index contributed by atoms with van der Waals surface area (Å²) in [4.78, 5) is 29.8. The van der Waals surface area contributed by atoms with Gasteiger partial charge in [0.25, 0.3) is 5.56 Å². The molecule has 2 aromatic carbocycles. The van der Waals surface area contributed by atoms with E-state index < -0.39 is 17.4 Å². The molecule has 0 saturated carbocycles. The average molecular weight is 463 g/mol. The third-order valence-corrected chi connectivity index (χ3v) is 5.44. The summed E-state index contributed by atoms with van der Waals surface area (Å²) in [6.07, 6.45) is 0.649. The van der Waals surface area contributed by atoms with Crippen LogP contribution in [-0.2, 0) is 20.6 Å². The zero-order chi connectivity index (χ0) is 24.2. The van der Waals surface area contributed by atoms with Crippen molar-refractivity contribution in [3.8, 4) is 5.75 Å². The normalized spacial score (nSPS) is 12.4. The van der Waals surface area contributed by atoms with Crippen LogP contribution in [0.15, 0.2) is 69.3 Å². The van der Waals surface area contributed by atoms with Crippen LogP contribution < -0.4 is 21.4 Å². The maximum Gasteiger partial charge on any atom is 0.332 e. The highest BCUT2D eigenvalue weighted by Crippen LogP contribution is 2.19. The standard InChI is InChI=1S/C24H26N6O4/c1-16-9-7-8-12-19(16)34-15-18(31)14-30-20-21(28(2)24(33)29(3)22(20)32)26-23(30)27-25-13-17-10-5-4-6-11-17/h4-13,18,31H,14-15H2,1-3H3,(H,26,27)/b25-13-/t18-/m0/s1. The first-order valence-corrected chi connectivity index (χ1v) is 10.7. The van der Waals surface area contributed by atoms with E-state index in [1.165, 1.54) is 23.2 Å². The first kappa shape index (κ1) is 23.0. The molecule has 10 heteroatoms. The highest BCUT2D eigenvalue weighted by Gasteiger charge is 2.21. The number of hydrazone groups is 1. The molecule has 176 valence electrons. The van der Waals surface area contributed by atoms with Crippen LogP contribution in [0.1, 0.15) is 11.1 Å². The molecule has 0 spiro atoms. The number of nitrogens with one attached hydrogen (secondary N) is 1. The minimum absolute atomic E-state index is 0.000977. The summed E-state index contributed by atoms with van der Waals surface area (Å²) in [6.45, 7) is 1.92. The topological polar surface area (TPSA) is 116 Å². The molecule has 4 rings (SSSR count). The van der Waals surface area contributed by atoms with Crippen molar-refractivity contribution in [2.24, 2.45) is 19.2 Å². The van der Waals surface area contributed by atoms with Crippen molar-refractivity contribution in [1.29, 1.82) is 0 Å². The third-order valence-electron chi connectivity index (χ3n) is 5.44. The molecule has 0 aliphatic carbocycles. The summed E-state index contributed by atoms with van der Waals surface area (Å²) in [5.41, 5.74) is 4.01. The van der Waals surface area contributed by atoms with Crippen molar-refractivity contribution in [3.05, 3.63) is 86.6 Å². The minimum atomic E-state index is -0.961. The molecule has 2 aromatic heterocycles. The predicted octanol–water partition coefficient (Wildman–Crippen LogP) is 1.63. The van der Waals surface area contributed by atoms with E-state index in [4.69, 9.17) is 4.74 Å². The van der Waals surface area contributed by atoms with Crippen molar-refractivity contribution in [1.82, 2.24) is 18.7 Å². The van der Waals surface area contributed by atoms with Crippen LogP contribution in [0.25, 0.3) is 11.2 Å². The molecule has 4 aromatic rings. The van der Waals surface area contributed by atoms with Crippen LogP contribution in [0.2, 0.25) is 0 Å². The number of nitrogens with zero attached hydrogens (tertiary/aromatic N) is 5. The van der Waals surface area contributed by atoms with E-state index in [-0.39, 0.29) is 30.3 Å². The second-order valence-corrected chi connectivity index (χ2v) is 7.94. The summed E-state index contributed by atoms with van der Waals surface area (Å²) in [5, 5.41) is 14.9. The summed E-state index contributed by atoms with van der Waals surface area (Å²) in [5.74, 6) is 0.886. The minimum Gasteiger partial charge on any atom is -0.491 e. The van der Waals surface area contributed by atoms with Gasteiger partial charge in [0.15, 0.2) is 11.2 Å². The third kappa shape index (κ3) is 4.62. The number of rotatable bonds is 8. The van der Waals surface area contributed by atoms with Gasteiger partial charge in [-0.25, -0.2) is 10.2 Å². The second-order valence-electron chi connectivity index (χ2n) is 7.94. The number of aliphatic hydroxyl groups excluding tert-OH is 1. The Bertz CT molecular complexity index is 1450. The lowest BCUT2D eigenvalue weighted by Crippen LogP contribution is -2.38. The van der Waals surface area contributed by atoms with E-state index in [2.05, 4.69) is 15.5 Å². The van der Waals surface area contributed by atoms with Crippen molar-refractivity contribution in [3.63, 3.8) is 0 Å². The van der Waals surface area contributed by atoms with Crippen molar-refractivity contribution >= 4 is 23.3 Å². The van der Waals surface area contributed by atoms with Crippen molar-refractivity contribution in [2.75, 3.05) is 12.0 Å². The lowest BCUT2D eigenvalue weighted by molar-refractivity contribution is 0.0935. The van der Waals surface area contributed by atoms with Gasteiger partial charge in [-0.3, -0.25) is 13.9 Å². The summed E-state index contributed by atoms with van der Waals surface area (Å²) < 4.78 is 9.58. The van der Waals surface area contributed by atoms with Gasteiger partial charge in [-0.05, 0) is 24.1 Å². The Hall–Kier alpha value is -4.18. The van der Waals surface area contributed by atoms with Gasteiger partial charge in [0.2, 0.25) is 5.95 Å². The van der Waals surface area contributed by atoms with Crippen molar-refractivity contribution in [2.45, 2.75) is 19.6 Å². The number of aliphatic hydroxyl groups is 1. The lowest BCUT2D eigenvalue weighted by atomic mass is 10.2. The number of anilines is 1.